The summed E-state index contributed by atoms with van der Waals surface area (Å²) < 4.78 is 16.9. The van der Waals surface area contributed by atoms with Crippen molar-refractivity contribution in [3.05, 3.63) is 58.1 Å². The first-order valence-corrected chi connectivity index (χ1v) is 12.7. The van der Waals surface area contributed by atoms with Gasteiger partial charge in [-0.15, -0.1) is 0 Å². The molecule has 0 radical (unpaired) electrons. The average Bonchev–Trinajstić information content (AvgIpc) is 2.83. The molecule has 37 heavy (non-hydrogen) atoms. The maximum Gasteiger partial charge on any atom is 0.408 e. The van der Waals surface area contributed by atoms with Crippen LogP contribution in [0.3, 0.4) is 0 Å². The van der Waals surface area contributed by atoms with Crippen molar-refractivity contribution in [3.63, 3.8) is 0 Å². The van der Waals surface area contributed by atoms with Gasteiger partial charge in [0.05, 0.1) is 25.2 Å². The highest BCUT2D eigenvalue weighted by Gasteiger charge is 2.27. The lowest BCUT2D eigenvalue weighted by molar-refractivity contribution is -0.136. The quantitative estimate of drug-likeness (QED) is 0.421. The number of carbonyl (C=O) groups excluding carboxylic acids is 3. The summed E-state index contributed by atoms with van der Waals surface area (Å²) in [7, 11) is 4.68. The van der Waals surface area contributed by atoms with Gasteiger partial charge in [-0.2, -0.15) is 0 Å². The van der Waals surface area contributed by atoms with Crippen LogP contribution in [0.25, 0.3) is 0 Å². The molecule has 0 fully saturated rings. The first-order chi connectivity index (χ1) is 17.4. The number of benzene rings is 2. The molecule has 3 amide bonds. The van der Waals surface area contributed by atoms with E-state index in [4.69, 9.17) is 14.2 Å². The fourth-order valence-corrected chi connectivity index (χ4v) is 4.05. The van der Waals surface area contributed by atoms with Crippen LogP contribution in [0.5, 0.6) is 11.5 Å². The summed E-state index contributed by atoms with van der Waals surface area (Å²) in [6, 6.07) is 12.1. The molecule has 1 atom stereocenters. The molecule has 2 rings (SSSR count). The van der Waals surface area contributed by atoms with E-state index in [1.54, 1.807) is 35.0 Å². The van der Waals surface area contributed by atoms with Crippen LogP contribution >= 0.6 is 15.9 Å². The molecule has 9 nitrogen and oxygen atoms in total. The van der Waals surface area contributed by atoms with Crippen LogP contribution in [0, 0.1) is 0 Å². The van der Waals surface area contributed by atoms with Crippen molar-refractivity contribution in [2.75, 3.05) is 34.4 Å². The summed E-state index contributed by atoms with van der Waals surface area (Å²) in [6.45, 7) is 5.41. The van der Waals surface area contributed by atoms with Gasteiger partial charge >= 0.3 is 6.09 Å². The molecule has 0 aromatic heterocycles. The third-order valence-electron chi connectivity index (χ3n) is 5.30. The number of hydrogen-bond acceptors (Lipinski definition) is 6. The Morgan fingerprint density at radius 2 is 1.68 bits per heavy atom. The fourth-order valence-electron chi connectivity index (χ4n) is 3.57. The zero-order chi connectivity index (χ0) is 27.6. The van der Waals surface area contributed by atoms with E-state index in [9.17, 15) is 14.4 Å². The van der Waals surface area contributed by atoms with Crippen molar-refractivity contribution >= 4 is 33.8 Å². The first kappa shape index (κ1) is 30.0. The molecule has 0 heterocycles. The van der Waals surface area contributed by atoms with Crippen molar-refractivity contribution < 1.29 is 28.6 Å². The van der Waals surface area contributed by atoms with Crippen LogP contribution in [-0.4, -0.2) is 68.8 Å². The molecule has 0 saturated heterocycles. The summed E-state index contributed by atoms with van der Waals surface area (Å²) in [5, 5.41) is 5.48. The molecule has 2 aromatic carbocycles. The van der Waals surface area contributed by atoms with Crippen molar-refractivity contribution in [1.29, 1.82) is 0 Å². The summed E-state index contributed by atoms with van der Waals surface area (Å²) in [4.78, 5) is 39.5. The molecule has 0 aliphatic carbocycles. The van der Waals surface area contributed by atoms with Gasteiger partial charge in [-0.1, -0.05) is 30.3 Å². The Morgan fingerprint density at radius 3 is 2.27 bits per heavy atom. The molecule has 0 saturated carbocycles. The van der Waals surface area contributed by atoms with Crippen LogP contribution in [0.2, 0.25) is 0 Å². The van der Waals surface area contributed by atoms with Crippen LogP contribution in [0.15, 0.2) is 46.9 Å². The summed E-state index contributed by atoms with van der Waals surface area (Å²) in [6.07, 6.45) is 0.0712. The maximum atomic E-state index is 13.2. The molecule has 0 bridgehead atoms. The lowest BCUT2D eigenvalue weighted by Gasteiger charge is -2.26. The van der Waals surface area contributed by atoms with Gasteiger partial charge in [0.1, 0.15) is 23.1 Å². The van der Waals surface area contributed by atoms with Crippen LogP contribution in [-0.2, 0) is 27.2 Å². The van der Waals surface area contributed by atoms with E-state index in [0.717, 1.165) is 15.6 Å². The topological polar surface area (TPSA) is 106 Å². The molecule has 0 aliphatic heterocycles. The second-order valence-corrected chi connectivity index (χ2v) is 10.3. The standard InChI is InChI=1S/C27H36BrN3O6/c1-27(2,3)37-26(34)30-21(14-18-10-8-7-9-11-18)25(33)31(4)17-24(32)29-13-12-19-15-23(36-6)20(28)16-22(19)35-5/h7-11,15-16,21H,12-14,17H2,1-6H3,(H,29,32)(H,30,34)/t21-/m0/s1. The number of likely N-dealkylation sites (N-methyl/N-ethyl adjacent to an activating group) is 1. The normalized spacial score (nSPS) is 11.8. The van der Waals surface area contributed by atoms with Gasteiger partial charge in [-0.3, -0.25) is 9.59 Å². The number of rotatable bonds is 11. The van der Waals surface area contributed by atoms with E-state index in [2.05, 4.69) is 26.6 Å². The average molecular weight is 579 g/mol. The van der Waals surface area contributed by atoms with E-state index in [1.165, 1.54) is 11.9 Å². The van der Waals surface area contributed by atoms with Gasteiger partial charge in [0.15, 0.2) is 0 Å². The number of ether oxygens (including phenoxy) is 3. The lowest BCUT2D eigenvalue weighted by atomic mass is 10.0. The van der Waals surface area contributed by atoms with Gasteiger partial charge in [-0.05, 0) is 66.4 Å². The van der Waals surface area contributed by atoms with Gasteiger partial charge in [0.2, 0.25) is 11.8 Å². The fraction of sp³-hybridized carbons (Fsp3) is 0.444. The van der Waals surface area contributed by atoms with Gasteiger partial charge in [0, 0.05) is 20.0 Å². The molecule has 202 valence electrons. The monoisotopic (exact) mass is 577 g/mol. The number of nitrogens with zero attached hydrogens (tertiary/aromatic N) is 1. The predicted molar refractivity (Wildman–Crippen MR) is 145 cm³/mol. The number of carbonyl (C=O) groups is 3. The highest BCUT2D eigenvalue weighted by Crippen LogP contribution is 2.32. The number of nitrogens with one attached hydrogen (secondary N) is 2. The van der Waals surface area contributed by atoms with E-state index in [0.29, 0.717) is 24.5 Å². The molecule has 2 N–H and O–H groups in total. The minimum Gasteiger partial charge on any atom is -0.496 e. The molecule has 0 spiro atoms. The Morgan fingerprint density at radius 1 is 1.03 bits per heavy atom. The van der Waals surface area contributed by atoms with Gasteiger partial charge in [0.25, 0.3) is 0 Å². The first-order valence-electron chi connectivity index (χ1n) is 11.9. The number of alkyl carbamates (subject to hydrolysis) is 1. The van der Waals surface area contributed by atoms with E-state index < -0.39 is 23.6 Å². The van der Waals surface area contributed by atoms with Gasteiger partial charge in [-0.25, -0.2) is 4.79 Å². The smallest absolute Gasteiger partial charge is 0.408 e. The number of hydrogen-bond donors (Lipinski definition) is 2. The Labute approximate surface area is 227 Å². The third kappa shape index (κ3) is 9.95. The Balaban J connectivity index is 1.99. The predicted octanol–water partition coefficient (Wildman–Crippen LogP) is 3.72. The minimum atomic E-state index is -0.894. The zero-order valence-electron chi connectivity index (χ0n) is 22.2. The summed E-state index contributed by atoms with van der Waals surface area (Å²) in [5.74, 6) is 0.611. The molecule has 10 heteroatoms. The third-order valence-corrected chi connectivity index (χ3v) is 5.92. The van der Waals surface area contributed by atoms with Crippen LogP contribution < -0.4 is 20.1 Å². The summed E-state index contributed by atoms with van der Waals surface area (Å²) in [5.41, 5.74) is 1.03. The van der Waals surface area contributed by atoms with E-state index in [-0.39, 0.29) is 18.9 Å². The lowest BCUT2D eigenvalue weighted by Crippen LogP contribution is -2.51. The molecule has 2 aromatic rings. The number of methoxy groups -OCH3 is 2. The largest absolute Gasteiger partial charge is 0.496 e. The maximum absolute atomic E-state index is 13.2. The van der Waals surface area contributed by atoms with Gasteiger partial charge < -0.3 is 29.7 Å². The Bertz CT molecular complexity index is 1070. The molecule has 0 unspecified atom stereocenters. The van der Waals surface area contributed by atoms with Crippen molar-refractivity contribution in [2.24, 2.45) is 0 Å². The molecular formula is C27H36BrN3O6. The zero-order valence-corrected chi connectivity index (χ0v) is 23.8. The molecular weight excluding hydrogens is 542 g/mol. The number of halogens is 1. The number of amides is 3. The van der Waals surface area contributed by atoms with Crippen molar-refractivity contribution in [1.82, 2.24) is 15.5 Å². The minimum absolute atomic E-state index is 0.166. The summed E-state index contributed by atoms with van der Waals surface area (Å²) >= 11 is 3.43. The van der Waals surface area contributed by atoms with Crippen LogP contribution in [0.1, 0.15) is 31.9 Å². The van der Waals surface area contributed by atoms with Crippen molar-refractivity contribution in [2.45, 2.75) is 45.3 Å². The highest BCUT2D eigenvalue weighted by atomic mass is 79.9. The van der Waals surface area contributed by atoms with Crippen molar-refractivity contribution in [3.8, 4) is 11.5 Å². The Kier molecular flexibility index (Phi) is 11.2. The van der Waals surface area contributed by atoms with E-state index >= 15 is 0 Å². The SMILES string of the molecule is COc1cc(CCNC(=O)CN(C)C(=O)[C@H](Cc2ccccc2)NC(=O)OC(C)(C)C)c(OC)cc1Br. The van der Waals surface area contributed by atoms with E-state index in [1.807, 2.05) is 42.5 Å². The highest BCUT2D eigenvalue weighted by molar-refractivity contribution is 9.10. The molecule has 0 aliphatic rings. The Hall–Kier alpha value is -3.27. The van der Waals surface area contributed by atoms with Crippen LogP contribution in [0.4, 0.5) is 4.79 Å². The second-order valence-electron chi connectivity index (χ2n) is 9.48. The second kappa shape index (κ2) is 13.9.